The first-order valence-corrected chi connectivity index (χ1v) is 8.67. The van der Waals surface area contributed by atoms with E-state index >= 15 is 0 Å². The van der Waals surface area contributed by atoms with Crippen molar-refractivity contribution in [1.82, 2.24) is 9.29 Å². The minimum Gasteiger partial charge on any atom is -0.260 e. The van der Waals surface area contributed by atoms with E-state index in [0.29, 0.717) is 5.69 Å². The minimum absolute atomic E-state index is 0.0480. The van der Waals surface area contributed by atoms with E-state index in [1.165, 1.54) is 10.4 Å². The van der Waals surface area contributed by atoms with E-state index in [9.17, 15) is 12.8 Å². The lowest BCUT2D eigenvalue weighted by molar-refractivity contribution is 0.394. The zero-order chi connectivity index (χ0) is 15.7. The first-order valence-electron chi connectivity index (χ1n) is 6.85. The summed E-state index contributed by atoms with van der Waals surface area (Å²) in [7, 11) is -3.79. The maximum Gasteiger partial charge on any atom is 0.245 e. The van der Waals surface area contributed by atoms with E-state index in [1.54, 1.807) is 18.3 Å². The van der Waals surface area contributed by atoms with Gasteiger partial charge in [-0.2, -0.15) is 4.31 Å². The lowest BCUT2D eigenvalue weighted by Crippen LogP contribution is -2.33. The average Bonchev–Trinajstić information content (AvgIpc) is 3.29. The summed E-state index contributed by atoms with van der Waals surface area (Å²) in [6.07, 6.45) is 3.24. The fraction of sp³-hybridized carbons (Fsp3) is 0.267. The summed E-state index contributed by atoms with van der Waals surface area (Å²) in [6.45, 7) is 0.182. The smallest absolute Gasteiger partial charge is 0.245 e. The lowest BCUT2D eigenvalue weighted by atomic mass is 10.3. The molecule has 7 heteroatoms. The Kier molecular flexibility index (Phi) is 4.16. The van der Waals surface area contributed by atoms with E-state index in [2.05, 4.69) is 4.98 Å². The quantitative estimate of drug-likeness (QED) is 0.839. The molecule has 116 valence electrons. The highest BCUT2D eigenvalue weighted by atomic mass is 35.5. The van der Waals surface area contributed by atoms with Crippen molar-refractivity contribution in [2.45, 2.75) is 30.3 Å². The Morgan fingerprint density at radius 2 is 2.05 bits per heavy atom. The molecule has 2 aromatic rings. The van der Waals surface area contributed by atoms with Crippen molar-refractivity contribution >= 4 is 21.6 Å². The fourth-order valence-electron chi connectivity index (χ4n) is 2.23. The van der Waals surface area contributed by atoms with Gasteiger partial charge in [0.2, 0.25) is 10.0 Å². The van der Waals surface area contributed by atoms with Gasteiger partial charge < -0.3 is 0 Å². The van der Waals surface area contributed by atoms with Crippen molar-refractivity contribution in [2.75, 3.05) is 0 Å². The van der Waals surface area contributed by atoms with Gasteiger partial charge in [-0.1, -0.05) is 17.7 Å². The van der Waals surface area contributed by atoms with Gasteiger partial charge in [0.25, 0.3) is 0 Å². The third-order valence-electron chi connectivity index (χ3n) is 3.48. The summed E-state index contributed by atoms with van der Waals surface area (Å²) in [4.78, 5) is 4.10. The third kappa shape index (κ3) is 3.14. The van der Waals surface area contributed by atoms with Gasteiger partial charge in [-0.05, 0) is 43.2 Å². The van der Waals surface area contributed by atoms with Crippen LogP contribution in [0.25, 0.3) is 0 Å². The Morgan fingerprint density at radius 1 is 1.27 bits per heavy atom. The third-order valence-corrected chi connectivity index (χ3v) is 5.86. The van der Waals surface area contributed by atoms with Crippen LogP contribution >= 0.6 is 11.6 Å². The van der Waals surface area contributed by atoms with Gasteiger partial charge in [0, 0.05) is 12.2 Å². The number of halogens is 2. The molecule has 0 bridgehead atoms. The zero-order valence-corrected chi connectivity index (χ0v) is 13.2. The Hall–Kier alpha value is -1.50. The largest absolute Gasteiger partial charge is 0.260 e. The van der Waals surface area contributed by atoms with Gasteiger partial charge in [-0.25, -0.2) is 12.8 Å². The van der Waals surface area contributed by atoms with Crippen LogP contribution in [0, 0.1) is 5.82 Å². The lowest BCUT2D eigenvalue weighted by Gasteiger charge is -2.22. The van der Waals surface area contributed by atoms with Crippen LogP contribution in [0.2, 0.25) is 5.02 Å². The Bertz CT molecular complexity index is 779. The van der Waals surface area contributed by atoms with Gasteiger partial charge >= 0.3 is 0 Å². The van der Waals surface area contributed by atoms with Crippen LogP contribution in [0.15, 0.2) is 47.5 Å². The van der Waals surface area contributed by atoms with Gasteiger partial charge in [0.1, 0.15) is 10.7 Å². The first-order chi connectivity index (χ1) is 10.5. The van der Waals surface area contributed by atoms with Crippen LogP contribution in [-0.2, 0) is 16.6 Å². The van der Waals surface area contributed by atoms with Crippen molar-refractivity contribution in [3.05, 3.63) is 59.1 Å². The van der Waals surface area contributed by atoms with Gasteiger partial charge in [0.05, 0.1) is 17.3 Å². The predicted molar refractivity (Wildman–Crippen MR) is 81.4 cm³/mol. The van der Waals surface area contributed by atoms with E-state index in [4.69, 9.17) is 11.6 Å². The molecule has 0 atom stereocenters. The number of aromatic nitrogens is 1. The van der Waals surface area contributed by atoms with E-state index in [-0.39, 0.29) is 22.5 Å². The number of nitrogens with zero attached hydrogens (tertiary/aromatic N) is 2. The monoisotopic (exact) mass is 340 g/mol. The highest BCUT2D eigenvalue weighted by Gasteiger charge is 2.39. The molecular weight excluding hydrogens is 327 g/mol. The summed E-state index contributed by atoms with van der Waals surface area (Å²) < 4.78 is 40.2. The van der Waals surface area contributed by atoms with Crippen LogP contribution in [0.5, 0.6) is 0 Å². The number of rotatable bonds is 5. The number of sulfonamides is 1. The predicted octanol–water partition coefficient (Wildman–Crippen LogP) is 3.23. The highest BCUT2D eigenvalue weighted by Crippen LogP contribution is 2.35. The molecule has 1 aromatic heterocycles. The molecular formula is C15H14ClFN2O2S. The molecule has 22 heavy (non-hydrogen) atoms. The van der Waals surface area contributed by atoms with Gasteiger partial charge in [0.15, 0.2) is 0 Å². The van der Waals surface area contributed by atoms with Crippen LogP contribution in [0.1, 0.15) is 18.5 Å². The maximum absolute atomic E-state index is 13.2. The first kappa shape index (κ1) is 15.4. The molecule has 4 nitrogen and oxygen atoms in total. The summed E-state index contributed by atoms with van der Waals surface area (Å²) >= 11 is 5.92. The van der Waals surface area contributed by atoms with Crippen LogP contribution in [0.4, 0.5) is 4.39 Å². The second-order valence-corrected chi connectivity index (χ2v) is 7.44. The SMILES string of the molecule is O=S(=O)(c1ccc(F)cc1Cl)N(Cc1ccccn1)C1CC1. The zero-order valence-electron chi connectivity index (χ0n) is 11.6. The Balaban J connectivity index is 1.96. The Morgan fingerprint density at radius 3 is 2.64 bits per heavy atom. The summed E-state index contributed by atoms with van der Waals surface area (Å²) in [5, 5.41) is -0.105. The van der Waals surface area contributed by atoms with E-state index < -0.39 is 15.8 Å². The molecule has 0 spiro atoms. The topological polar surface area (TPSA) is 50.3 Å². The molecule has 0 aliphatic heterocycles. The molecule has 1 saturated carbocycles. The standard InChI is InChI=1S/C15H14ClFN2O2S/c16-14-9-11(17)4-7-15(14)22(20,21)19(13-5-6-13)10-12-3-1-2-8-18-12/h1-4,7-9,13H,5-6,10H2. The molecule has 0 N–H and O–H groups in total. The molecule has 1 aliphatic rings. The van der Waals surface area contributed by atoms with Crippen LogP contribution in [0.3, 0.4) is 0 Å². The molecule has 1 aliphatic carbocycles. The van der Waals surface area contributed by atoms with E-state index in [1.807, 2.05) is 6.07 Å². The molecule has 0 saturated heterocycles. The molecule has 0 radical (unpaired) electrons. The van der Waals surface area contributed by atoms with Crippen molar-refractivity contribution in [3.8, 4) is 0 Å². The van der Waals surface area contributed by atoms with E-state index in [0.717, 1.165) is 25.0 Å². The fourth-order valence-corrected chi connectivity index (χ4v) is 4.40. The summed E-state index contributed by atoms with van der Waals surface area (Å²) in [5.74, 6) is -0.563. The minimum atomic E-state index is -3.79. The summed E-state index contributed by atoms with van der Waals surface area (Å²) in [6, 6.07) is 8.64. The van der Waals surface area contributed by atoms with Crippen molar-refractivity contribution in [2.24, 2.45) is 0 Å². The van der Waals surface area contributed by atoms with Gasteiger partial charge in [-0.15, -0.1) is 0 Å². The molecule has 1 heterocycles. The average molecular weight is 341 g/mol. The van der Waals surface area contributed by atoms with Crippen molar-refractivity contribution in [1.29, 1.82) is 0 Å². The number of hydrogen-bond donors (Lipinski definition) is 0. The van der Waals surface area contributed by atoms with Crippen LogP contribution < -0.4 is 0 Å². The van der Waals surface area contributed by atoms with Crippen LogP contribution in [-0.4, -0.2) is 23.7 Å². The Labute approximate surface area is 133 Å². The second kappa shape index (κ2) is 5.95. The summed E-state index contributed by atoms with van der Waals surface area (Å²) in [5.41, 5.74) is 0.663. The molecule has 1 fully saturated rings. The number of hydrogen-bond acceptors (Lipinski definition) is 3. The molecule has 0 unspecified atom stereocenters. The maximum atomic E-state index is 13.2. The molecule has 0 amide bonds. The number of pyridine rings is 1. The van der Waals surface area contributed by atoms with Gasteiger partial charge in [-0.3, -0.25) is 4.98 Å². The number of benzene rings is 1. The molecule has 3 rings (SSSR count). The normalized spacial score (nSPS) is 15.2. The highest BCUT2D eigenvalue weighted by molar-refractivity contribution is 7.89. The molecule has 1 aromatic carbocycles. The second-order valence-electron chi connectivity index (χ2n) is 5.18. The van der Waals surface area contributed by atoms with Crippen molar-refractivity contribution in [3.63, 3.8) is 0 Å². The van der Waals surface area contributed by atoms with Crippen molar-refractivity contribution < 1.29 is 12.8 Å².